The molecule has 0 amide bonds. The zero-order valence-corrected chi connectivity index (χ0v) is 15.8. The molecule has 0 aliphatic carbocycles. The molecule has 2 heterocycles. The number of fused-ring (bicyclic) bond motifs is 1. The van der Waals surface area contributed by atoms with Crippen LogP contribution in [0.5, 0.6) is 0 Å². The van der Waals surface area contributed by atoms with Gasteiger partial charge in [-0.3, -0.25) is 15.0 Å². The van der Waals surface area contributed by atoms with E-state index in [-0.39, 0.29) is 5.41 Å². The quantitative estimate of drug-likeness (QED) is 0.675. The molecule has 0 atom stereocenters. The van der Waals surface area contributed by atoms with Crippen LogP contribution in [-0.4, -0.2) is 22.7 Å². The molecule has 0 radical (unpaired) electrons. The van der Waals surface area contributed by atoms with Crippen molar-refractivity contribution in [2.45, 2.75) is 20.8 Å². The summed E-state index contributed by atoms with van der Waals surface area (Å²) in [6.45, 7) is 6.95. The van der Waals surface area contributed by atoms with Crippen LogP contribution in [0.2, 0.25) is 0 Å². The lowest BCUT2D eigenvalue weighted by atomic mass is 9.97. The van der Waals surface area contributed by atoms with E-state index in [0.717, 1.165) is 16.5 Å². The van der Waals surface area contributed by atoms with Crippen LogP contribution >= 0.6 is 0 Å². The molecule has 3 rings (SSSR count). The molecular weight excluding hydrogens is 339 g/mol. The van der Waals surface area contributed by atoms with E-state index >= 15 is 0 Å². The molecule has 0 aliphatic heterocycles. The van der Waals surface area contributed by atoms with Crippen LogP contribution < -0.4 is 5.73 Å². The largest absolute Gasteiger partial charge is 0.404 e. The first-order chi connectivity index (χ1) is 12.9. The van der Waals surface area contributed by atoms with Crippen molar-refractivity contribution in [1.29, 1.82) is 0 Å². The number of benzene rings is 1. The SMILES string of the molecule is CC(C)(C)CN=C/C(=C\N)c1cc(F)cnc1-c1ccc2cccnc2c1. The van der Waals surface area contributed by atoms with Crippen LogP contribution in [0.15, 0.2) is 60.0 Å². The Morgan fingerprint density at radius 2 is 2.00 bits per heavy atom. The first-order valence-corrected chi connectivity index (χ1v) is 8.80. The predicted octanol–water partition coefficient (Wildman–Crippen LogP) is 4.85. The summed E-state index contributed by atoms with van der Waals surface area (Å²) < 4.78 is 13.9. The molecule has 2 aromatic heterocycles. The second-order valence-corrected chi connectivity index (χ2v) is 7.61. The van der Waals surface area contributed by atoms with Gasteiger partial charge in [0.15, 0.2) is 0 Å². The maximum atomic E-state index is 13.9. The monoisotopic (exact) mass is 362 g/mol. The zero-order chi connectivity index (χ0) is 19.4. The van der Waals surface area contributed by atoms with Crippen LogP contribution in [0.1, 0.15) is 26.3 Å². The van der Waals surface area contributed by atoms with E-state index in [2.05, 4.69) is 35.7 Å². The summed E-state index contributed by atoms with van der Waals surface area (Å²) in [5.74, 6) is -0.420. The van der Waals surface area contributed by atoms with E-state index in [1.54, 1.807) is 12.4 Å². The van der Waals surface area contributed by atoms with Crippen molar-refractivity contribution >= 4 is 22.7 Å². The lowest BCUT2D eigenvalue weighted by molar-refractivity contribution is 0.430. The van der Waals surface area contributed by atoms with Crippen LogP contribution in [0.4, 0.5) is 4.39 Å². The number of halogens is 1. The van der Waals surface area contributed by atoms with E-state index < -0.39 is 5.82 Å². The molecule has 0 bridgehead atoms. The number of hydrogen-bond acceptors (Lipinski definition) is 4. The molecule has 3 aromatic rings. The summed E-state index contributed by atoms with van der Waals surface area (Å²) in [7, 11) is 0. The topological polar surface area (TPSA) is 64.2 Å². The molecule has 2 N–H and O–H groups in total. The lowest BCUT2D eigenvalue weighted by Gasteiger charge is -2.14. The van der Waals surface area contributed by atoms with Gasteiger partial charge in [-0.1, -0.05) is 39.0 Å². The molecule has 0 fully saturated rings. The summed E-state index contributed by atoms with van der Waals surface area (Å²) in [5, 5.41) is 1.03. The summed E-state index contributed by atoms with van der Waals surface area (Å²) in [4.78, 5) is 13.2. The number of aromatic nitrogens is 2. The highest BCUT2D eigenvalue weighted by Crippen LogP contribution is 2.29. The van der Waals surface area contributed by atoms with Crippen molar-refractivity contribution < 1.29 is 4.39 Å². The van der Waals surface area contributed by atoms with E-state index in [1.807, 2.05) is 30.3 Å². The van der Waals surface area contributed by atoms with Gasteiger partial charge in [0.05, 0.1) is 17.4 Å². The summed E-state index contributed by atoms with van der Waals surface area (Å²) in [6.07, 6.45) is 6.08. The number of nitrogens with two attached hydrogens (primary N) is 1. The van der Waals surface area contributed by atoms with Gasteiger partial charge >= 0.3 is 0 Å². The fraction of sp³-hybridized carbons (Fsp3) is 0.227. The second kappa shape index (κ2) is 7.66. The number of pyridine rings is 2. The first-order valence-electron chi connectivity index (χ1n) is 8.80. The third-order valence-corrected chi connectivity index (χ3v) is 4.02. The van der Waals surface area contributed by atoms with Crippen LogP contribution in [0, 0.1) is 11.2 Å². The zero-order valence-electron chi connectivity index (χ0n) is 15.8. The van der Waals surface area contributed by atoms with Gasteiger partial charge in [0.2, 0.25) is 0 Å². The minimum absolute atomic E-state index is 0.0588. The normalized spacial score (nSPS) is 12.8. The third kappa shape index (κ3) is 4.56. The molecule has 27 heavy (non-hydrogen) atoms. The Bertz CT molecular complexity index is 1020. The molecule has 1 aromatic carbocycles. The molecule has 138 valence electrons. The smallest absolute Gasteiger partial charge is 0.142 e. The highest BCUT2D eigenvalue weighted by molar-refractivity contribution is 6.11. The fourth-order valence-corrected chi connectivity index (χ4v) is 2.72. The van der Waals surface area contributed by atoms with Gasteiger partial charge in [0, 0.05) is 47.2 Å². The molecule has 5 heteroatoms. The lowest BCUT2D eigenvalue weighted by Crippen LogP contribution is -2.09. The van der Waals surface area contributed by atoms with Crippen molar-refractivity contribution in [1.82, 2.24) is 9.97 Å². The van der Waals surface area contributed by atoms with Crippen molar-refractivity contribution in [3.63, 3.8) is 0 Å². The molecule has 4 nitrogen and oxygen atoms in total. The summed E-state index contributed by atoms with van der Waals surface area (Å²) in [5.41, 5.74) is 9.46. The van der Waals surface area contributed by atoms with Gasteiger partial charge in [-0.2, -0.15) is 0 Å². The highest BCUT2D eigenvalue weighted by Gasteiger charge is 2.13. The molecule has 0 saturated carbocycles. The Labute approximate surface area is 158 Å². The molecular formula is C22H23FN4. The fourth-order valence-electron chi connectivity index (χ4n) is 2.72. The first kappa shape index (κ1) is 18.7. The predicted molar refractivity (Wildman–Crippen MR) is 110 cm³/mol. The Balaban J connectivity index is 2.06. The molecule has 0 saturated heterocycles. The molecule has 0 spiro atoms. The van der Waals surface area contributed by atoms with Crippen molar-refractivity contribution in [2.75, 3.05) is 6.54 Å². The van der Waals surface area contributed by atoms with Crippen LogP contribution in [-0.2, 0) is 0 Å². The van der Waals surface area contributed by atoms with Gasteiger partial charge in [0.1, 0.15) is 5.82 Å². The average Bonchev–Trinajstić information content (AvgIpc) is 2.64. The number of hydrogen-bond donors (Lipinski definition) is 1. The van der Waals surface area contributed by atoms with Crippen LogP contribution in [0.3, 0.4) is 0 Å². The van der Waals surface area contributed by atoms with E-state index in [9.17, 15) is 4.39 Å². The van der Waals surface area contributed by atoms with E-state index in [1.165, 1.54) is 18.5 Å². The third-order valence-electron chi connectivity index (χ3n) is 4.02. The Morgan fingerprint density at radius 3 is 2.74 bits per heavy atom. The van der Waals surface area contributed by atoms with Gasteiger partial charge in [-0.25, -0.2) is 4.39 Å². The van der Waals surface area contributed by atoms with E-state index in [4.69, 9.17) is 5.73 Å². The van der Waals surface area contributed by atoms with Gasteiger partial charge in [-0.15, -0.1) is 0 Å². The molecule has 0 aliphatic rings. The maximum absolute atomic E-state index is 13.9. The summed E-state index contributed by atoms with van der Waals surface area (Å²) >= 11 is 0. The number of nitrogens with zero attached hydrogens (tertiary/aromatic N) is 3. The maximum Gasteiger partial charge on any atom is 0.142 e. The summed E-state index contributed by atoms with van der Waals surface area (Å²) in [6, 6.07) is 11.2. The van der Waals surface area contributed by atoms with Crippen molar-refractivity contribution in [3.05, 3.63) is 66.4 Å². The van der Waals surface area contributed by atoms with Crippen LogP contribution in [0.25, 0.3) is 27.7 Å². The number of allylic oxidation sites excluding steroid dienone is 1. The Morgan fingerprint density at radius 1 is 1.19 bits per heavy atom. The van der Waals surface area contributed by atoms with Gasteiger partial charge < -0.3 is 5.73 Å². The van der Waals surface area contributed by atoms with E-state index in [0.29, 0.717) is 23.4 Å². The minimum atomic E-state index is -0.420. The minimum Gasteiger partial charge on any atom is -0.404 e. The van der Waals surface area contributed by atoms with Crippen molar-refractivity contribution in [3.8, 4) is 11.3 Å². The van der Waals surface area contributed by atoms with Gasteiger partial charge in [-0.05, 0) is 23.6 Å². The Kier molecular flexibility index (Phi) is 5.31. The number of aliphatic imine (C=N–C) groups is 1. The second-order valence-electron chi connectivity index (χ2n) is 7.61. The number of rotatable bonds is 4. The molecule has 0 unspecified atom stereocenters. The highest BCUT2D eigenvalue weighted by atomic mass is 19.1. The standard InChI is InChI=1S/C22H23FN4/c1-22(2,3)14-25-12-17(11-24)19-10-18(23)13-27-21(19)16-7-6-15-5-4-8-26-20(15)9-16/h4-13H,14,24H2,1-3H3/b17-11+,25-12?. The van der Waals surface area contributed by atoms with Crippen molar-refractivity contribution in [2.24, 2.45) is 16.1 Å². The average molecular weight is 362 g/mol. The Hall–Kier alpha value is -3.08. The van der Waals surface area contributed by atoms with Gasteiger partial charge in [0.25, 0.3) is 0 Å².